The third kappa shape index (κ3) is 2.19. The van der Waals surface area contributed by atoms with E-state index in [0.717, 1.165) is 4.47 Å². The van der Waals surface area contributed by atoms with Crippen LogP contribution in [-0.4, -0.2) is 4.98 Å². The maximum Gasteiger partial charge on any atom is 0.228 e. The van der Waals surface area contributed by atoms with E-state index in [4.69, 9.17) is 21.8 Å². The average Bonchev–Trinajstić information content (AvgIpc) is 2.75. The smallest absolute Gasteiger partial charge is 0.228 e. The molecule has 0 saturated carbocycles. The van der Waals surface area contributed by atoms with Gasteiger partial charge < -0.3 is 10.2 Å². The van der Waals surface area contributed by atoms with Crippen molar-refractivity contribution in [1.29, 1.82) is 0 Å². The van der Waals surface area contributed by atoms with Crippen molar-refractivity contribution in [3.05, 3.63) is 45.6 Å². The van der Waals surface area contributed by atoms with Crippen LogP contribution in [0.25, 0.3) is 22.6 Å². The highest BCUT2D eigenvalue weighted by molar-refractivity contribution is 9.10. The number of aromatic nitrogens is 1. The van der Waals surface area contributed by atoms with Gasteiger partial charge in [-0.2, -0.15) is 0 Å². The highest BCUT2D eigenvalue weighted by Gasteiger charge is 2.13. The van der Waals surface area contributed by atoms with Crippen LogP contribution in [0.3, 0.4) is 0 Å². The molecule has 0 bridgehead atoms. The van der Waals surface area contributed by atoms with Gasteiger partial charge in [0.2, 0.25) is 5.89 Å². The monoisotopic (exact) mass is 340 g/mol. The van der Waals surface area contributed by atoms with Gasteiger partial charge in [0.05, 0.1) is 10.6 Å². The average molecular weight is 342 g/mol. The van der Waals surface area contributed by atoms with Crippen LogP contribution in [0.2, 0.25) is 5.02 Å². The zero-order chi connectivity index (χ0) is 13.6. The van der Waals surface area contributed by atoms with Gasteiger partial charge in [-0.25, -0.2) is 9.37 Å². The van der Waals surface area contributed by atoms with Crippen LogP contribution in [0.5, 0.6) is 0 Å². The molecule has 0 atom stereocenters. The largest absolute Gasteiger partial charge is 0.436 e. The molecule has 1 aromatic heterocycles. The van der Waals surface area contributed by atoms with Gasteiger partial charge in [-0.3, -0.25) is 0 Å². The van der Waals surface area contributed by atoms with E-state index in [1.165, 1.54) is 12.1 Å². The van der Waals surface area contributed by atoms with E-state index in [1.54, 1.807) is 18.2 Å². The normalized spacial score (nSPS) is 11.1. The van der Waals surface area contributed by atoms with Crippen LogP contribution in [0, 0.1) is 5.82 Å². The Balaban J connectivity index is 2.23. The van der Waals surface area contributed by atoms with Gasteiger partial charge in [-0.15, -0.1) is 0 Å². The van der Waals surface area contributed by atoms with Gasteiger partial charge >= 0.3 is 0 Å². The summed E-state index contributed by atoms with van der Waals surface area (Å²) in [5.74, 6) is -0.181. The predicted octanol–water partition coefficient (Wildman–Crippen LogP) is 4.63. The number of hydrogen-bond acceptors (Lipinski definition) is 3. The topological polar surface area (TPSA) is 52.0 Å². The van der Waals surface area contributed by atoms with Crippen LogP contribution in [0.15, 0.2) is 39.2 Å². The fourth-order valence-corrected chi connectivity index (χ4v) is 2.32. The first-order chi connectivity index (χ1) is 9.04. The molecule has 0 saturated heterocycles. The molecule has 0 aliphatic rings. The first-order valence-corrected chi connectivity index (χ1v) is 6.52. The van der Waals surface area contributed by atoms with Crippen LogP contribution < -0.4 is 5.73 Å². The summed E-state index contributed by atoms with van der Waals surface area (Å²) in [6, 6.07) is 7.93. The standard InChI is InChI=1S/C13H7BrClFN2O/c14-8-2-1-6(17)3-7(8)13-18-11-4-9(15)10(16)5-12(11)19-13/h1-5H,17H2. The van der Waals surface area contributed by atoms with Gasteiger partial charge in [0, 0.05) is 16.2 Å². The number of benzene rings is 2. The summed E-state index contributed by atoms with van der Waals surface area (Å²) in [7, 11) is 0. The number of halogens is 3. The maximum atomic E-state index is 13.4. The third-order valence-electron chi connectivity index (χ3n) is 2.65. The lowest BCUT2D eigenvalue weighted by molar-refractivity contribution is 0.602. The number of rotatable bonds is 1. The Morgan fingerprint density at radius 2 is 2.05 bits per heavy atom. The highest BCUT2D eigenvalue weighted by atomic mass is 79.9. The molecule has 3 rings (SSSR count). The molecule has 0 aliphatic carbocycles. The van der Waals surface area contributed by atoms with E-state index in [9.17, 15) is 4.39 Å². The minimum absolute atomic E-state index is 0.0130. The molecule has 19 heavy (non-hydrogen) atoms. The number of hydrogen-bond donors (Lipinski definition) is 1. The molecule has 0 fully saturated rings. The lowest BCUT2D eigenvalue weighted by Crippen LogP contribution is -1.86. The molecule has 2 aromatic carbocycles. The second-order valence-corrected chi connectivity index (χ2v) is 5.25. The zero-order valence-electron chi connectivity index (χ0n) is 9.45. The number of nitrogens with zero attached hydrogens (tertiary/aromatic N) is 1. The van der Waals surface area contributed by atoms with Crippen molar-refractivity contribution in [2.45, 2.75) is 0 Å². The lowest BCUT2D eigenvalue weighted by atomic mass is 10.2. The Hall–Kier alpha value is -1.59. The first kappa shape index (κ1) is 12.4. The maximum absolute atomic E-state index is 13.4. The van der Waals surface area contributed by atoms with Crippen molar-refractivity contribution in [1.82, 2.24) is 4.98 Å². The lowest BCUT2D eigenvalue weighted by Gasteiger charge is -2.00. The molecule has 96 valence electrons. The molecule has 6 heteroatoms. The number of nitrogen functional groups attached to an aromatic ring is 1. The molecule has 0 amide bonds. The summed E-state index contributed by atoms with van der Waals surface area (Å²) in [5.41, 5.74) is 7.86. The molecular weight excluding hydrogens is 335 g/mol. The Morgan fingerprint density at radius 3 is 2.84 bits per heavy atom. The second-order valence-electron chi connectivity index (χ2n) is 3.99. The third-order valence-corrected chi connectivity index (χ3v) is 3.63. The van der Waals surface area contributed by atoms with E-state index in [0.29, 0.717) is 28.2 Å². The summed E-state index contributed by atoms with van der Waals surface area (Å²) >= 11 is 9.11. The van der Waals surface area contributed by atoms with Gasteiger partial charge in [0.15, 0.2) is 5.58 Å². The molecule has 0 radical (unpaired) electrons. The fraction of sp³-hybridized carbons (Fsp3) is 0. The summed E-state index contributed by atoms with van der Waals surface area (Å²) in [5, 5.41) is 0.0130. The van der Waals surface area contributed by atoms with Crippen molar-refractivity contribution in [2.24, 2.45) is 0 Å². The quantitative estimate of drug-likeness (QED) is 0.656. The fourth-order valence-electron chi connectivity index (χ4n) is 1.75. The second kappa shape index (κ2) is 4.51. The summed E-state index contributed by atoms with van der Waals surface area (Å²) in [6.45, 7) is 0. The van der Waals surface area contributed by atoms with E-state index in [1.807, 2.05) is 0 Å². The molecular formula is C13H7BrClFN2O. The van der Waals surface area contributed by atoms with Crippen LogP contribution in [0.4, 0.5) is 10.1 Å². The van der Waals surface area contributed by atoms with Crippen molar-refractivity contribution < 1.29 is 8.81 Å². The SMILES string of the molecule is Nc1ccc(Br)c(-c2nc3cc(Cl)c(F)cc3o2)c1. The van der Waals surface area contributed by atoms with Crippen LogP contribution in [-0.2, 0) is 0 Å². The van der Waals surface area contributed by atoms with Crippen molar-refractivity contribution in [3.63, 3.8) is 0 Å². The molecule has 3 nitrogen and oxygen atoms in total. The number of nitrogens with two attached hydrogens (primary N) is 1. The van der Waals surface area contributed by atoms with E-state index in [-0.39, 0.29) is 5.02 Å². The van der Waals surface area contributed by atoms with Gasteiger partial charge in [-0.05, 0) is 40.2 Å². The molecule has 1 heterocycles. The summed E-state index contributed by atoms with van der Waals surface area (Å²) in [4.78, 5) is 4.28. The summed E-state index contributed by atoms with van der Waals surface area (Å²) in [6.07, 6.45) is 0. The van der Waals surface area contributed by atoms with E-state index in [2.05, 4.69) is 20.9 Å². The molecule has 0 aliphatic heterocycles. The van der Waals surface area contributed by atoms with Gasteiger partial charge in [-0.1, -0.05) is 11.6 Å². The molecule has 3 aromatic rings. The molecule has 0 unspecified atom stereocenters. The van der Waals surface area contributed by atoms with Gasteiger partial charge in [0.25, 0.3) is 0 Å². The number of fused-ring (bicyclic) bond motifs is 1. The number of anilines is 1. The Morgan fingerprint density at radius 1 is 1.26 bits per heavy atom. The van der Waals surface area contributed by atoms with E-state index >= 15 is 0 Å². The Kier molecular flexibility index (Phi) is 2.95. The van der Waals surface area contributed by atoms with Crippen LogP contribution >= 0.6 is 27.5 Å². The Bertz CT molecular complexity index is 749. The Labute approximate surface area is 121 Å². The molecule has 2 N–H and O–H groups in total. The highest BCUT2D eigenvalue weighted by Crippen LogP contribution is 2.33. The van der Waals surface area contributed by atoms with Gasteiger partial charge in [0.1, 0.15) is 11.3 Å². The van der Waals surface area contributed by atoms with Crippen molar-refractivity contribution >= 4 is 44.3 Å². The zero-order valence-corrected chi connectivity index (χ0v) is 11.8. The van der Waals surface area contributed by atoms with Crippen molar-refractivity contribution in [3.8, 4) is 11.5 Å². The molecule has 0 spiro atoms. The minimum Gasteiger partial charge on any atom is -0.436 e. The first-order valence-electron chi connectivity index (χ1n) is 5.35. The minimum atomic E-state index is -0.538. The summed E-state index contributed by atoms with van der Waals surface area (Å²) < 4.78 is 19.7. The van der Waals surface area contributed by atoms with E-state index < -0.39 is 5.82 Å². The predicted molar refractivity (Wildman–Crippen MR) is 76.5 cm³/mol. The number of oxazole rings is 1. The van der Waals surface area contributed by atoms with Crippen LogP contribution in [0.1, 0.15) is 0 Å². The van der Waals surface area contributed by atoms with Crippen molar-refractivity contribution in [2.75, 3.05) is 5.73 Å².